The number of carbonyl (C=O) groups is 3. The standard InChI is InChI=1S/C55H102O16P2/c1-4-7-10-13-16-19-22-23-24-25-28-30-32-35-38-41-53(58)65-44-50(56)45-67-72(61,62)68-46-51(57)47-69-73(63,64)70-49-52(71-55(60)43-40-37-34-31-27-21-18-15-12-9-6-3)48-66-54(59)42-39-36-33-29-26-20-17-14-11-8-5-2/h7,10,16,19,23-24,50-52,56-57H,4-6,8-9,11-15,17-18,20-22,25-49H2,1-3H3,(H,61,62)(H,63,64)/b10-7-,19-16-,24-23-. The summed E-state index contributed by atoms with van der Waals surface area (Å²) in [5.41, 5.74) is 0. The van der Waals surface area contributed by atoms with Gasteiger partial charge in [-0.25, -0.2) is 9.13 Å². The molecule has 0 aromatic carbocycles. The summed E-state index contributed by atoms with van der Waals surface area (Å²) in [6.07, 6.45) is 42.3. The van der Waals surface area contributed by atoms with Crippen LogP contribution in [0.4, 0.5) is 0 Å². The molecule has 0 aliphatic carbocycles. The van der Waals surface area contributed by atoms with Crippen molar-refractivity contribution in [3.05, 3.63) is 36.5 Å². The van der Waals surface area contributed by atoms with Gasteiger partial charge in [0.25, 0.3) is 0 Å². The lowest BCUT2D eigenvalue weighted by Gasteiger charge is -2.21. The van der Waals surface area contributed by atoms with Crippen LogP contribution in [0, 0.1) is 0 Å². The first-order chi connectivity index (χ1) is 35.2. The molecule has 0 aromatic heterocycles. The largest absolute Gasteiger partial charge is 0.472 e. The predicted octanol–water partition coefficient (Wildman–Crippen LogP) is 14.0. The minimum atomic E-state index is -4.90. The second kappa shape index (κ2) is 50.6. The van der Waals surface area contributed by atoms with Crippen molar-refractivity contribution in [2.75, 3.05) is 39.6 Å². The highest BCUT2D eigenvalue weighted by molar-refractivity contribution is 7.47. The van der Waals surface area contributed by atoms with Gasteiger partial charge >= 0.3 is 33.6 Å². The van der Waals surface area contributed by atoms with Gasteiger partial charge in [0.2, 0.25) is 0 Å². The average molecular weight is 1080 g/mol. The molecule has 0 bridgehead atoms. The number of carbonyl (C=O) groups excluding carboxylic acids is 3. The van der Waals surface area contributed by atoms with E-state index in [4.69, 9.17) is 32.3 Å². The summed E-state index contributed by atoms with van der Waals surface area (Å²) >= 11 is 0. The summed E-state index contributed by atoms with van der Waals surface area (Å²) in [6.45, 7) is 2.51. The summed E-state index contributed by atoms with van der Waals surface area (Å²) in [6, 6.07) is 0. The van der Waals surface area contributed by atoms with Crippen molar-refractivity contribution >= 4 is 33.6 Å². The molecule has 0 fully saturated rings. The monoisotopic (exact) mass is 1080 g/mol. The van der Waals surface area contributed by atoms with E-state index in [9.17, 15) is 43.5 Å². The fourth-order valence-corrected chi connectivity index (χ4v) is 9.11. The van der Waals surface area contributed by atoms with Crippen LogP contribution in [0.2, 0.25) is 0 Å². The molecule has 4 N–H and O–H groups in total. The Kier molecular flexibility index (Phi) is 49.0. The van der Waals surface area contributed by atoms with Gasteiger partial charge in [-0.3, -0.25) is 32.5 Å². The molecule has 0 spiro atoms. The minimum absolute atomic E-state index is 0.112. The SMILES string of the molecule is CC/C=C\C/C=C\C/C=C\CCCCCCCC(=O)OCC(O)COP(=O)(O)OCC(O)COP(=O)(O)OCC(COC(=O)CCCCCCCCCCCCC)OC(=O)CCCCCCCCCCCCC. The second-order valence-electron chi connectivity index (χ2n) is 19.1. The van der Waals surface area contributed by atoms with Crippen molar-refractivity contribution in [1.82, 2.24) is 0 Å². The van der Waals surface area contributed by atoms with Crippen LogP contribution in [0.1, 0.15) is 239 Å². The Balaban J connectivity index is 4.63. The van der Waals surface area contributed by atoms with Crippen molar-refractivity contribution < 1.29 is 75.8 Å². The van der Waals surface area contributed by atoms with Crippen molar-refractivity contribution in [2.24, 2.45) is 0 Å². The Morgan fingerprint density at radius 2 is 0.726 bits per heavy atom. The highest BCUT2D eigenvalue weighted by atomic mass is 31.2. The zero-order valence-corrected chi connectivity index (χ0v) is 47.4. The van der Waals surface area contributed by atoms with Gasteiger partial charge in [0.15, 0.2) is 6.10 Å². The van der Waals surface area contributed by atoms with Crippen LogP contribution in [0.25, 0.3) is 0 Å². The van der Waals surface area contributed by atoms with Crippen molar-refractivity contribution in [1.29, 1.82) is 0 Å². The fraction of sp³-hybridized carbons (Fsp3) is 0.836. The molecular formula is C55H102O16P2. The molecule has 0 aromatic rings. The molecular weight excluding hydrogens is 979 g/mol. The maximum atomic E-state index is 12.8. The molecule has 0 aliphatic heterocycles. The summed E-state index contributed by atoms with van der Waals surface area (Å²) in [7, 11) is -9.73. The number of aliphatic hydroxyl groups excluding tert-OH is 2. The summed E-state index contributed by atoms with van der Waals surface area (Å²) in [4.78, 5) is 57.8. The van der Waals surface area contributed by atoms with E-state index in [1.807, 2.05) is 0 Å². The van der Waals surface area contributed by atoms with Gasteiger partial charge in [-0.2, -0.15) is 0 Å². The average Bonchev–Trinajstić information content (AvgIpc) is 3.36. The van der Waals surface area contributed by atoms with Crippen LogP contribution in [0.3, 0.4) is 0 Å². The van der Waals surface area contributed by atoms with E-state index in [0.717, 1.165) is 96.3 Å². The molecule has 0 aliphatic rings. The van der Waals surface area contributed by atoms with Crippen LogP contribution in [-0.2, 0) is 55.8 Å². The molecule has 0 amide bonds. The van der Waals surface area contributed by atoms with Crippen LogP contribution >= 0.6 is 15.6 Å². The van der Waals surface area contributed by atoms with Crippen LogP contribution < -0.4 is 0 Å². The Hall–Kier alpha value is -2.23. The van der Waals surface area contributed by atoms with E-state index in [2.05, 4.69) is 57.2 Å². The topological polar surface area (TPSA) is 231 Å². The molecule has 16 nitrogen and oxygen atoms in total. The number of ether oxygens (including phenoxy) is 3. The van der Waals surface area contributed by atoms with Gasteiger partial charge in [-0.15, -0.1) is 0 Å². The zero-order chi connectivity index (χ0) is 53.9. The highest BCUT2D eigenvalue weighted by Crippen LogP contribution is 2.45. The van der Waals surface area contributed by atoms with Crippen LogP contribution in [0.5, 0.6) is 0 Å². The maximum Gasteiger partial charge on any atom is 0.472 e. The third-order valence-corrected chi connectivity index (χ3v) is 13.8. The number of hydrogen-bond donors (Lipinski definition) is 4. The molecule has 0 saturated heterocycles. The summed E-state index contributed by atoms with van der Waals surface area (Å²) < 4.78 is 60.4. The first-order valence-corrected chi connectivity index (χ1v) is 31.3. The number of unbranched alkanes of at least 4 members (excludes halogenated alkanes) is 25. The number of hydrogen-bond acceptors (Lipinski definition) is 14. The van der Waals surface area contributed by atoms with Crippen molar-refractivity contribution in [3.63, 3.8) is 0 Å². The molecule has 0 saturated carbocycles. The Morgan fingerprint density at radius 3 is 1.15 bits per heavy atom. The van der Waals surface area contributed by atoms with Gasteiger partial charge in [-0.1, -0.05) is 205 Å². The maximum absolute atomic E-state index is 12.8. The fourth-order valence-electron chi connectivity index (χ4n) is 7.52. The molecule has 428 valence electrons. The normalized spacial score (nSPS) is 14.9. The number of esters is 3. The number of allylic oxidation sites excluding steroid dienone is 6. The van der Waals surface area contributed by atoms with E-state index in [-0.39, 0.29) is 19.3 Å². The van der Waals surface area contributed by atoms with E-state index >= 15 is 0 Å². The number of phosphoric acid groups is 2. The first-order valence-electron chi connectivity index (χ1n) is 28.3. The van der Waals surface area contributed by atoms with E-state index in [1.165, 1.54) is 83.5 Å². The molecule has 5 unspecified atom stereocenters. The van der Waals surface area contributed by atoms with Gasteiger partial charge in [-0.05, 0) is 51.4 Å². The quantitative estimate of drug-likeness (QED) is 0.0146. The Morgan fingerprint density at radius 1 is 0.397 bits per heavy atom. The number of rotatable bonds is 54. The van der Waals surface area contributed by atoms with Crippen LogP contribution in [0.15, 0.2) is 36.5 Å². The van der Waals surface area contributed by atoms with E-state index in [0.29, 0.717) is 19.3 Å². The van der Waals surface area contributed by atoms with Crippen molar-refractivity contribution in [2.45, 2.75) is 257 Å². The van der Waals surface area contributed by atoms with Gasteiger partial charge in [0.05, 0.1) is 26.4 Å². The van der Waals surface area contributed by atoms with Crippen molar-refractivity contribution in [3.8, 4) is 0 Å². The lowest BCUT2D eigenvalue weighted by Crippen LogP contribution is -2.30. The molecule has 73 heavy (non-hydrogen) atoms. The lowest BCUT2D eigenvalue weighted by molar-refractivity contribution is -0.161. The van der Waals surface area contributed by atoms with Gasteiger partial charge < -0.3 is 34.2 Å². The van der Waals surface area contributed by atoms with E-state index < -0.39 is 91.5 Å². The summed E-state index contributed by atoms with van der Waals surface area (Å²) in [5.74, 6) is -1.58. The Labute approximate surface area is 441 Å². The predicted molar refractivity (Wildman–Crippen MR) is 289 cm³/mol. The number of aliphatic hydroxyl groups is 2. The molecule has 18 heteroatoms. The molecule has 0 rings (SSSR count). The summed E-state index contributed by atoms with van der Waals surface area (Å²) in [5, 5.41) is 20.4. The van der Waals surface area contributed by atoms with Crippen LogP contribution in [-0.4, -0.2) is 95.9 Å². The van der Waals surface area contributed by atoms with Gasteiger partial charge in [0, 0.05) is 19.3 Å². The Bertz CT molecular complexity index is 1510. The molecule has 0 radical (unpaired) electrons. The zero-order valence-electron chi connectivity index (χ0n) is 45.6. The van der Waals surface area contributed by atoms with Gasteiger partial charge in [0.1, 0.15) is 25.4 Å². The molecule has 5 atom stereocenters. The second-order valence-corrected chi connectivity index (χ2v) is 22.0. The minimum Gasteiger partial charge on any atom is -0.463 e. The molecule has 0 heterocycles. The smallest absolute Gasteiger partial charge is 0.463 e. The third-order valence-electron chi connectivity index (χ3n) is 11.9. The lowest BCUT2D eigenvalue weighted by atomic mass is 10.1. The first kappa shape index (κ1) is 70.8. The van der Waals surface area contributed by atoms with E-state index in [1.54, 1.807) is 0 Å². The highest BCUT2D eigenvalue weighted by Gasteiger charge is 2.29. The third kappa shape index (κ3) is 51.6. The number of phosphoric ester groups is 2.